The number of carbonyl (C=O) groups excluding carboxylic acids is 1. The first-order chi connectivity index (χ1) is 13.5. The summed E-state index contributed by atoms with van der Waals surface area (Å²) in [5.74, 6) is -0.0794. The van der Waals surface area contributed by atoms with Crippen LogP contribution in [0.25, 0.3) is 10.2 Å². The Morgan fingerprint density at radius 1 is 1.21 bits per heavy atom. The quantitative estimate of drug-likeness (QED) is 0.534. The maximum absolute atomic E-state index is 13.3. The Morgan fingerprint density at radius 3 is 2.75 bits per heavy atom. The standard InChI is InChI=1S/C21H21BrN4OS/c1-4-25(5-2)12-26-16-8-6-7-14(22)18(16)19(20(26)27)24-21-23-15-10-9-13(3)11-17(15)28-21/h6-11H,4-5,12H2,1-3H3/b24-19-. The van der Waals surface area contributed by atoms with Crippen LogP contribution in [-0.4, -0.2) is 41.3 Å². The fraction of sp³-hybridized carbons (Fsp3) is 0.286. The van der Waals surface area contributed by atoms with Crippen LogP contribution in [0.4, 0.5) is 10.8 Å². The molecule has 0 unspecified atom stereocenters. The number of benzene rings is 2. The lowest BCUT2D eigenvalue weighted by atomic mass is 10.1. The van der Waals surface area contributed by atoms with Gasteiger partial charge in [0.15, 0.2) is 0 Å². The van der Waals surface area contributed by atoms with E-state index in [2.05, 4.69) is 52.7 Å². The van der Waals surface area contributed by atoms with Crippen molar-refractivity contribution in [3.05, 3.63) is 52.0 Å². The maximum atomic E-state index is 13.3. The van der Waals surface area contributed by atoms with Crippen LogP contribution in [0.2, 0.25) is 0 Å². The van der Waals surface area contributed by atoms with E-state index in [1.807, 2.05) is 35.2 Å². The molecule has 0 aliphatic carbocycles. The summed E-state index contributed by atoms with van der Waals surface area (Å²) in [4.78, 5) is 26.6. The van der Waals surface area contributed by atoms with Crippen molar-refractivity contribution in [3.8, 4) is 0 Å². The van der Waals surface area contributed by atoms with Gasteiger partial charge in [-0.1, -0.05) is 53.2 Å². The molecule has 1 amide bonds. The third-order valence-corrected chi connectivity index (χ3v) is 6.52. The summed E-state index contributed by atoms with van der Waals surface area (Å²) in [6.07, 6.45) is 0. The molecule has 7 heteroatoms. The highest BCUT2D eigenvalue weighted by molar-refractivity contribution is 9.10. The average Bonchev–Trinajstić information content (AvgIpc) is 3.19. The van der Waals surface area contributed by atoms with E-state index in [4.69, 9.17) is 4.99 Å². The molecule has 0 saturated heterocycles. The van der Waals surface area contributed by atoms with Gasteiger partial charge in [-0.3, -0.25) is 14.6 Å². The van der Waals surface area contributed by atoms with E-state index in [0.717, 1.165) is 39.0 Å². The van der Waals surface area contributed by atoms with E-state index >= 15 is 0 Å². The second kappa shape index (κ2) is 7.73. The number of amides is 1. The number of rotatable bonds is 5. The molecule has 0 fully saturated rings. The van der Waals surface area contributed by atoms with Crippen molar-refractivity contribution in [2.45, 2.75) is 20.8 Å². The van der Waals surface area contributed by atoms with E-state index in [1.54, 1.807) is 0 Å². The van der Waals surface area contributed by atoms with Gasteiger partial charge in [0, 0.05) is 10.0 Å². The van der Waals surface area contributed by atoms with E-state index in [9.17, 15) is 4.79 Å². The summed E-state index contributed by atoms with van der Waals surface area (Å²) >= 11 is 5.12. The molecule has 1 aliphatic heterocycles. The molecule has 1 aromatic heterocycles. The zero-order chi connectivity index (χ0) is 19.8. The fourth-order valence-corrected chi connectivity index (χ4v) is 4.83. The lowest BCUT2D eigenvalue weighted by Gasteiger charge is -2.25. The zero-order valence-electron chi connectivity index (χ0n) is 16.1. The summed E-state index contributed by atoms with van der Waals surface area (Å²) in [7, 11) is 0. The van der Waals surface area contributed by atoms with Gasteiger partial charge in [-0.25, -0.2) is 9.98 Å². The monoisotopic (exact) mass is 456 g/mol. The third-order valence-electron chi connectivity index (χ3n) is 4.94. The third kappa shape index (κ3) is 3.38. The molecule has 5 nitrogen and oxygen atoms in total. The smallest absolute Gasteiger partial charge is 0.278 e. The van der Waals surface area contributed by atoms with Crippen LogP contribution in [0, 0.1) is 6.92 Å². The van der Waals surface area contributed by atoms with Crippen molar-refractivity contribution in [2.75, 3.05) is 24.7 Å². The van der Waals surface area contributed by atoms with Gasteiger partial charge in [0.25, 0.3) is 5.91 Å². The van der Waals surface area contributed by atoms with Gasteiger partial charge in [-0.15, -0.1) is 0 Å². The molecule has 0 bridgehead atoms. The minimum Gasteiger partial charge on any atom is -0.293 e. The average molecular weight is 457 g/mol. The molecule has 0 spiro atoms. The molecule has 0 atom stereocenters. The molecule has 0 N–H and O–H groups in total. The first-order valence-electron chi connectivity index (χ1n) is 9.30. The summed E-state index contributed by atoms with van der Waals surface area (Å²) in [6.45, 7) is 8.58. The van der Waals surface area contributed by atoms with Crippen LogP contribution >= 0.6 is 27.3 Å². The van der Waals surface area contributed by atoms with Crippen LogP contribution in [0.15, 0.2) is 45.9 Å². The van der Waals surface area contributed by atoms with Crippen molar-refractivity contribution in [1.29, 1.82) is 0 Å². The van der Waals surface area contributed by atoms with Gasteiger partial charge in [0.1, 0.15) is 5.71 Å². The van der Waals surface area contributed by atoms with Crippen LogP contribution in [0.3, 0.4) is 0 Å². The number of hydrogen-bond acceptors (Lipinski definition) is 5. The lowest BCUT2D eigenvalue weighted by Crippen LogP contribution is -2.41. The van der Waals surface area contributed by atoms with Gasteiger partial charge in [-0.05, 0) is 49.8 Å². The van der Waals surface area contributed by atoms with Crippen LogP contribution < -0.4 is 4.90 Å². The van der Waals surface area contributed by atoms with Gasteiger partial charge >= 0.3 is 0 Å². The summed E-state index contributed by atoms with van der Waals surface area (Å²) in [5, 5.41) is 0.607. The van der Waals surface area contributed by atoms with Crippen molar-refractivity contribution in [3.63, 3.8) is 0 Å². The van der Waals surface area contributed by atoms with E-state index in [-0.39, 0.29) is 5.91 Å². The fourth-order valence-electron chi connectivity index (χ4n) is 3.35. The van der Waals surface area contributed by atoms with E-state index < -0.39 is 0 Å². The number of aromatic nitrogens is 1. The Morgan fingerprint density at radius 2 is 2.00 bits per heavy atom. The number of hydrogen-bond donors (Lipinski definition) is 0. The number of thiazole rings is 1. The Balaban J connectivity index is 1.80. The van der Waals surface area contributed by atoms with Crippen LogP contribution in [-0.2, 0) is 4.79 Å². The molecule has 0 radical (unpaired) electrons. The molecule has 28 heavy (non-hydrogen) atoms. The zero-order valence-corrected chi connectivity index (χ0v) is 18.5. The number of carbonyl (C=O) groups is 1. The van der Waals surface area contributed by atoms with Crippen molar-refractivity contribution < 1.29 is 4.79 Å². The molecule has 2 heterocycles. The Labute approximate surface area is 176 Å². The molecule has 144 valence electrons. The molecule has 2 aromatic carbocycles. The normalized spacial score (nSPS) is 15.2. The number of fused-ring (bicyclic) bond motifs is 2. The molecular weight excluding hydrogens is 436 g/mol. The van der Waals surface area contributed by atoms with Crippen molar-refractivity contribution >= 4 is 59.9 Å². The largest absolute Gasteiger partial charge is 0.293 e. The summed E-state index contributed by atoms with van der Waals surface area (Å²) in [6, 6.07) is 12.0. The predicted octanol–water partition coefficient (Wildman–Crippen LogP) is 5.13. The maximum Gasteiger partial charge on any atom is 0.278 e. The highest BCUT2D eigenvalue weighted by atomic mass is 79.9. The second-order valence-corrected chi connectivity index (χ2v) is 8.60. The van der Waals surface area contributed by atoms with Gasteiger partial charge < -0.3 is 0 Å². The summed E-state index contributed by atoms with van der Waals surface area (Å²) < 4.78 is 1.95. The Kier molecular flexibility index (Phi) is 5.31. The number of anilines is 1. The SMILES string of the molecule is CCN(CC)CN1C(=O)/C(=N\c2nc3ccc(C)cc3s2)c2c(Br)cccc21. The highest BCUT2D eigenvalue weighted by Gasteiger charge is 2.36. The second-order valence-electron chi connectivity index (χ2n) is 6.74. The minimum atomic E-state index is -0.0794. The van der Waals surface area contributed by atoms with Crippen molar-refractivity contribution in [1.82, 2.24) is 9.88 Å². The van der Waals surface area contributed by atoms with Crippen LogP contribution in [0.1, 0.15) is 25.0 Å². The molecular formula is C21H21BrN4OS. The number of halogens is 1. The van der Waals surface area contributed by atoms with Crippen molar-refractivity contribution in [2.24, 2.45) is 4.99 Å². The van der Waals surface area contributed by atoms with Gasteiger partial charge in [0.2, 0.25) is 5.13 Å². The van der Waals surface area contributed by atoms with E-state index in [1.165, 1.54) is 16.9 Å². The van der Waals surface area contributed by atoms with Crippen LogP contribution in [0.5, 0.6) is 0 Å². The predicted molar refractivity (Wildman–Crippen MR) is 120 cm³/mol. The van der Waals surface area contributed by atoms with Gasteiger partial charge in [-0.2, -0.15) is 0 Å². The molecule has 1 aliphatic rings. The minimum absolute atomic E-state index is 0.0794. The molecule has 0 saturated carbocycles. The lowest BCUT2D eigenvalue weighted by molar-refractivity contribution is -0.112. The highest BCUT2D eigenvalue weighted by Crippen LogP contribution is 2.37. The molecule has 3 aromatic rings. The first-order valence-corrected chi connectivity index (χ1v) is 10.9. The first kappa shape index (κ1) is 19.2. The number of aryl methyl sites for hydroxylation is 1. The summed E-state index contributed by atoms with van der Waals surface area (Å²) in [5.41, 5.74) is 4.28. The Hall–Kier alpha value is -2.09. The Bertz CT molecular complexity index is 1090. The number of nitrogens with zero attached hydrogens (tertiary/aromatic N) is 4. The molecule has 4 rings (SSSR count). The van der Waals surface area contributed by atoms with E-state index in [0.29, 0.717) is 17.5 Å². The topological polar surface area (TPSA) is 48.8 Å². The number of aliphatic imine (C=N–C) groups is 1. The van der Waals surface area contributed by atoms with Gasteiger partial charge in [0.05, 0.1) is 22.6 Å².